The SMILES string of the molecule is Cc1ccc(C(C#N)Nc2ccc(F)cc2)s1. The number of thiophene rings is 1. The van der Waals surface area contributed by atoms with Gasteiger partial charge in [0, 0.05) is 15.4 Å². The highest BCUT2D eigenvalue weighted by Crippen LogP contribution is 2.25. The predicted molar refractivity (Wildman–Crippen MR) is 67.4 cm³/mol. The minimum atomic E-state index is -0.390. The maximum absolute atomic E-state index is 12.7. The highest BCUT2D eigenvalue weighted by atomic mass is 32.1. The maximum atomic E-state index is 12.7. The molecule has 4 heteroatoms. The van der Waals surface area contributed by atoms with E-state index in [0.717, 1.165) is 10.6 Å². The molecule has 0 aliphatic heterocycles. The summed E-state index contributed by atoms with van der Waals surface area (Å²) < 4.78 is 12.7. The fraction of sp³-hybridized carbons (Fsp3) is 0.154. The van der Waals surface area contributed by atoms with E-state index >= 15 is 0 Å². The molecule has 1 heterocycles. The minimum absolute atomic E-state index is 0.281. The first-order valence-electron chi connectivity index (χ1n) is 5.17. The highest BCUT2D eigenvalue weighted by Gasteiger charge is 2.11. The van der Waals surface area contributed by atoms with Crippen molar-refractivity contribution in [3.8, 4) is 6.07 Å². The number of anilines is 1. The van der Waals surface area contributed by atoms with E-state index in [-0.39, 0.29) is 11.9 Å². The van der Waals surface area contributed by atoms with Gasteiger partial charge in [0.05, 0.1) is 6.07 Å². The van der Waals surface area contributed by atoms with Crippen LogP contribution in [0.4, 0.5) is 10.1 Å². The molecule has 0 saturated carbocycles. The van der Waals surface area contributed by atoms with E-state index in [1.165, 1.54) is 17.0 Å². The van der Waals surface area contributed by atoms with Crippen molar-refractivity contribution in [3.63, 3.8) is 0 Å². The number of aryl methyl sites for hydroxylation is 1. The van der Waals surface area contributed by atoms with Gasteiger partial charge in [-0.25, -0.2) is 4.39 Å². The topological polar surface area (TPSA) is 35.8 Å². The Balaban J connectivity index is 2.16. The molecule has 1 atom stereocenters. The fourth-order valence-electron chi connectivity index (χ4n) is 1.49. The zero-order chi connectivity index (χ0) is 12.3. The van der Waals surface area contributed by atoms with E-state index < -0.39 is 0 Å². The molecule has 1 aromatic carbocycles. The van der Waals surface area contributed by atoms with Gasteiger partial charge in [-0.3, -0.25) is 0 Å². The van der Waals surface area contributed by atoms with Gasteiger partial charge in [0.1, 0.15) is 11.9 Å². The van der Waals surface area contributed by atoms with Crippen LogP contribution in [0.3, 0.4) is 0 Å². The van der Waals surface area contributed by atoms with Crippen molar-refractivity contribution in [2.24, 2.45) is 0 Å². The third-order valence-electron chi connectivity index (χ3n) is 2.33. The van der Waals surface area contributed by atoms with Crippen molar-refractivity contribution >= 4 is 17.0 Å². The Kier molecular flexibility index (Phi) is 3.40. The highest BCUT2D eigenvalue weighted by molar-refractivity contribution is 7.12. The van der Waals surface area contributed by atoms with E-state index in [9.17, 15) is 4.39 Å². The zero-order valence-electron chi connectivity index (χ0n) is 9.27. The summed E-state index contributed by atoms with van der Waals surface area (Å²) in [5, 5.41) is 12.2. The first-order valence-corrected chi connectivity index (χ1v) is 5.99. The van der Waals surface area contributed by atoms with E-state index in [2.05, 4.69) is 11.4 Å². The molecule has 2 aromatic rings. The minimum Gasteiger partial charge on any atom is -0.366 e. The molecular formula is C13H11FN2S. The number of rotatable bonds is 3. The molecule has 86 valence electrons. The van der Waals surface area contributed by atoms with Gasteiger partial charge in [0.2, 0.25) is 0 Å². The van der Waals surface area contributed by atoms with Crippen LogP contribution in [0.15, 0.2) is 36.4 Å². The normalized spacial score (nSPS) is 11.8. The number of halogens is 1. The summed E-state index contributed by atoms with van der Waals surface area (Å²) in [7, 11) is 0. The van der Waals surface area contributed by atoms with Crippen LogP contribution in [0.2, 0.25) is 0 Å². The van der Waals surface area contributed by atoms with E-state index in [1.807, 2.05) is 19.1 Å². The van der Waals surface area contributed by atoms with Crippen molar-refractivity contribution in [3.05, 3.63) is 52.0 Å². The fourth-order valence-corrected chi connectivity index (χ4v) is 2.36. The van der Waals surface area contributed by atoms with Gasteiger partial charge in [-0.15, -0.1) is 11.3 Å². The van der Waals surface area contributed by atoms with Crippen molar-refractivity contribution in [1.82, 2.24) is 0 Å². The Hall–Kier alpha value is -1.86. The van der Waals surface area contributed by atoms with Crippen molar-refractivity contribution in [2.75, 3.05) is 5.32 Å². The Bertz CT molecular complexity index is 539. The molecule has 2 nitrogen and oxygen atoms in total. The number of nitrogens with zero attached hydrogens (tertiary/aromatic N) is 1. The number of benzene rings is 1. The second kappa shape index (κ2) is 4.98. The summed E-state index contributed by atoms with van der Waals surface area (Å²) >= 11 is 1.58. The summed E-state index contributed by atoms with van der Waals surface area (Å²) in [5.41, 5.74) is 0.740. The lowest BCUT2D eigenvalue weighted by molar-refractivity contribution is 0.628. The monoisotopic (exact) mass is 246 g/mol. The van der Waals surface area contributed by atoms with Crippen molar-refractivity contribution in [1.29, 1.82) is 5.26 Å². The Labute approximate surface area is 103 Å². The molecule has 0 fully saturated rings. The molecule has 0 aliphatic rings. The average molecular weight is 246 g/mol. The molecule has 0 radical (unpaired) electrons. The van der Waals surface area contributed by atoms with Crippen molar-refractivity contribution in [2.45, 2.75) is 13.0 Å². The van der Waals surface area contributed by atoms with Gasteiger partial charge in [-0.2, -0.15) is 5.26 Å². The molecule has 0 saturated heterocycles. The van der Waals surface area contributed by atoms with Crippen LogP contribution in [0.5, 0.6) is 0 Å². The third-order valence-corrected chi connectivity index (χ3v) is 3.40. The standard InChI is InChI=1S/C13H11FN2S/c1-9-2-7-13(17-9)12(8-15)16-11-5-3-10(14)4-6-11/h2-7,12,16H,1H3. The molecule has 1 unspecified atom stereocenters. The van der Waals surface area contributed by atoms with Crippen LogP contribution in [0.25, 0.3) is 0 Å². The average Bonchev–Trinajstić information content (AvgIpc) is 2.75. The summed E-state index contributed by atoms with van der Waals surface area (Å²) in [6, 6.07) is 11.7. The zero-order valence-corrected chi connectivity index (χ0v) is 10.1. The molecule has 0 spiro atoms. The summed E-state index contributed by atoms with van der Waals surface area (Å²) in [4.78, 5) is 2.13. The second-order valence-electron chi connectivity index (χ2n) is 3.66. The molecule has 0 amide bonds. The third kappa shape index (κ3) is 2.83. The summed E-state index contributed by atoms with van der Waals surface area (Å²) in [6.07, 6.45) is 0. The summed E-state index contributed by atoms with van der Waals surface area (Å²) in [5.74, 6) is -0.281. The number of nitriles is 1. The van der Waals surface area contributed by atoms with Crippen LogP contribution >= 0.6 is 11.3 Å². The molecule has 1 N–H and O–H groups in total. The Morgan fingerprint density at radius 1 is 1.24 bits per heavy atom. The van der Waals surface area contributed by atoms with Gasteiger partial charge in [-0.05, 0) is 43.3 Å². The van der Waals surface area contributed by atoms with Crippen LogP contribution in [-0.4, -0.2) is 0 Å². The second-order valence-corrected chi connectivity index (χ2v) is 4.98. The smallest absolute Gasteiger partial charge is 0.149 e. The Morgan fingerprint density at radius 3 is 2.47 bits per heavy atom. The largest absolute Gasteiger partial charge is 0.366 e. The van der Waals surface area contributed by atoms with Gasteiger partial charge in [0.25, 0.3) is 0 Å². The first-order chi connectivity index (χ1) is 8.19. The van der Waals surface area contributed by atoms with Crippen LogP contribution in [-0.2, 0) is 0 Å². The van der Waals surface area contributed by atoms with Gasteiger partial charge >= 0.3 is 0 Å². The number of hydrogen-bond acceptors (Lipinski definition) is 3. The van der Waals surface area contributed by atoms with E-state index in [4.69, 9.17) is 5.26 Å². The lowest BCUT2D eigenvalue weighted by atomic mass is 10.2. The Morgan fingerprint density at radius 2 is 1.94 bits per heavy atom. The number of nitrogens with one attached hydrogen (secondary N) is 1. The quantitative estimate of drug-likeness (QED) is 0.892. The first kappa shape index (κ1) is 11.6. The lowest BCUT2D eigenvalue weighted by Gasteiger charge is -2.10. The molecule has 2 rings (SSSR count). The predicted octanol–water partition coefficient (Wildman–Crippen LogP) is 3.87. The van der Waals surface area contributed by atoms with E-state index in [0.29, 0.717) is 0 Å². The molecular weight excluding hydrogens is 235 g/mol. The van der Waals surface area contributed by atoms with Gasteiger partial charge < -0.3 is 5.32 Å². The molecule has 1 aromatic heterocycles. The molecule has 0 aliphatic carbocycles. The molecule has 0 bridgehead atoms. The maximum Gasteiger partial charge on any atom is 0.149 e. The van der Waals surface area contributed by atoms with E-state index in [1.54, 1.807) is 23.5 Å². The van der Waals surface area contributed by atoms with Crippen LogP contribution < -0.4 is 5.32 Å². The van der Waals surface area contributed by atoms with Gasteiger partial charge in [-0.1, -0.05) is 0 Å². The van der Waals surface area contributed by atoms with Gasteiger partial charge in [0.15, 0.2) is 0 Å². The lowest BCUT2D eigenvalue weighted by Crippen LogP contribution is -2.06. The van der Waals surface area contributed by atoms with Crippen molar-refractivity contribution < 1.29 is 4.39 Å². The molecule has 17 heavy (non-hydrogen) atoms. The summed E-state index contributed by atoms with van der Waals surface area (Å²) in [6.45, 7) is 2.00. The van der Waals surface area contributed by atoms with Crippen LogP contribution in [0, 0.1) is 24.1 Å². The van der Waals surface area contributed by atoms with Crippen LogP contribution in [0.1, 0.15) is 15.8 Å². The number of hydrogen-bond donors (Lipinski definition) is 1.